The van der Waals surface area contributed by atoms with Crippen molar-refractivity contribution in [2.24, 2.45) is 17.8 Å². The molecule has 2 aliphatic carbocycles. The minimum absolute atomic E-state index is 0.112. The summed E-state index contributed by atoms with van der Waals surface area (Å²) in [4.78, 5) is 14.9. The van der Waals surface area contributed by atoms with Crippen LogP contribution >= 0.6 is 0 Å². The molecule has 3 heteroatoms. The Balaban J connectivity index is 1.85. The Morgan fingerprint density at radius 3 is 1.90 bits per heavy atom. The van der Waals surface area contributed by atoms with Crippen LogP contribution in [0.1, 0.15) is 65.2 Å². The van der Waals surface area contributed by atoms with E-state index >= 15 is 0 Å². The summed E-state index contributed by atoms with van der Waals surface area (Å²) in [6.45, 7) is 7.82. The number of carbonyl (C=O) groups is 1. The molecule has 0 radical (unpaired) electrons. The van der Waals surface area contributed by atoms with E-state index in [0.29, 0.717) is 18.4 Å². The fourth-order valence-electron chi connectivity index (χ4n) is 4.31. The van der Waals surface area contributed by atoms with Crippen molar-refractivity contribution >= 4 is 5.97 Å². The predicted molar refractivity (Wildman–Crippen MR) is 86.2 cm³/mol. The van der Waals surface area contributed by atoms with Crippen molar-refractivity contribution in [3.05, 3.63) is 0 Å². The summed E-state index contributed by atoms with van der Waals surface area (Å²) in [6, 6.07) is 0. The summed E-state index contributed by atoms with van der Waals surface area (Å²) >= 11 is 0. The van der Waals surface area contributed by atoms with Crippen LogP contribution in [0.3, 0.4) is 0 Å². The number of carbonyl (C=O) groups excluding carboxylic acids is 1. The Morgan fingerprint density at radius 2 is 1.48 bits per heavy atom. The van der Waals surface area contributed by atoms with E-state index in [-0.39, 0.29) is 11.9 Å². The van der Waals surface area contributed by atoms with Gasteiger partial charge in [-0.25, -0.2) is 0 Å². The van der Waals surface area contributed by atoms with Crippen molar-refractivity contribution in [3.8, 4) is 0 Å². The van der Waals surface area contributed by atoms with Crippen molar-refractivity contribution in [1.29, 1.82) is 0 Å². The minimum Gasteiger partial charge on any atom is -0.464 e. The molecule has 0 aromatic rings. The maximum Gasteiger partial charge on any atom is 0.309 e. The standard InChI is InChI=1S/C18H33NO2/c1-3-19(4-2)13-14-21-18(20)17(15-9-5-6-10-15)16-11-7-8-12-16/h15-17H,3-14H2,1-2H3. The zero-order valence-corrected chi connectivity index (χ0v) is 14.0. The molecule has 0 bridgehead atoms. The molecule has 2 rings (SSSR count). The van der Waals surface area contributed by atoms with Crippen LogP contribution in [0.25, 0.3) is 0 Å². The highest BCUT2D eigenvalue weighted by molar-refractivity contribution is 5.73. The van der Waals surface area contributed by atoms with Crippen LogP contribution in [0, 0.1) is 17.8 Å². The van der Waals surface area contributed by atoms with E-state index in [1.807, 2.05) is 0 Å². The van der Waals surface area contributed by atoms with Gasteiger partial charge in [0.2, 0.25) is 0 Å². The lowest BCUT2D eigenvalue weighted by atomic mass is 9.79. The summed E-state index contributed by atoms with van der Waals surface area (Å²) in [7, 11) is 0. The smallest absolute Gasteiger partial charge is 0.309 e. The van der Waals surface area contributed by atoms with Gasteiger partial charge in [0.1, 0.15) is 6.61 Å². The summed E-state index contributed by atoms with van der Waals surface area (Å²) in [5, 5.41) is 0. The number of esters is 1. The van der Waals surface area contributed by atoms with Gasteiger partial charge < -0.3 is 9.64 Å². The Labute approximate surface area is 130 Å². The van der Waals surface area contributed by atoms with E-state index in [1.54, 1.807) is 0 Å². The molecule has 0 heterocycles. The monoisotopic (exact) mass is 295 g/mol. The van der Waals surface area contributed by atoms with E-state index in [9.17, 15) is 4.79 Å². The van der Waals surface area contributed by atoms with Gasteiger partial charge in [-0.3, -0.25) is 4.79 Å². The lowest BCUT2D eigenvalue weighted by Gasteiger charge is -2.27. The summed E-state index contributed by atoms with van der Waals surface area (Å²) in [5.74, 6) is 1.52. The number of hydrogen-bond donors (Lipinski definition) is 0. The molecule has 0 N–H and O–H groups in total. The van der Waals surface area contributed by atoms with E-state index in [4.69, 9.17) is 4.74 Å². The van der Waals surface area contributed by atoms with E-state index in [0.717, 1.165) is 19.6 Å². The van der Waals surface area contributed by atoms with Crippen LogP contribution < -0.4 is 0 Å². The first kappa shape index (κ1) is 16.8. The Kier molecular flexibility index (Phi) is 7.01. The minimum atomic E-state index is 0.112. The molecule has 122 valence electrons. The maximum atomic E-state index is 12.6. The highest BCUT2D eigenvalue weighted by atomic mass is 16.5. The van der Waals surface area contributed by atoms with Gasteiger partial charge in [-0.1, -0.05) is 39.5 Å². The van der Waals surface area contributed by atoms with Gasteiger partial charge in [0.15, 0.2) is 0 Å². The molecule has 0 aromatic heterocycles. The predicted octanol–water partition coefficient (Wildman–Crippen LogP) is 3.87. The van der Waals surface area contributed by atoms with Crippen LogP contribution in [-0.4, -0.2) is 37.1 Å². The molecule has 0 unspecified atom stereocenters. The van der Waals surface area contributed by atoms with Gasteiger partial charge in [0.05, 0.1) is 5.92 Å². The van der Waals surface area contributed by atoms with Crippen molar-refractivity contribution in [2.45, 2.75) is 65.2 Å². The third-order valence-corrected chi connectivity index (χ3v) is 5.63. The van der Waals surface area contributed by atoms with Crippen molar-refractivity contribution in [2.75, 3.05) is 26.2 Å². The molecule has 2 fully saturated rings. The van der Waals surface area contributed by atoms with Crippen molar-refractivity contribution in [1.82, 2.24) is 4.90 Å². The topological polar surface area (TPSA) is 29.5 Å². The normalized spacial score (nSPS) is 20.8. The number of nitrogens with zero attached hydrogens (tertiary/aromatic N) is 1. The van der Waals surface area contributed by atoms with Crippen LogP contribution in [0.4, 0.5) is 0 Å². The molecule has 2 saturated carbocycles. The fraction of sp³-hybridized carbons (Fsp3) is 0.944. The van der Waals surface area contributed by atoms with E-state index in [2.05, 4.69) is 18.7 Å². The van der Waals surface area contributed by atoms with Gasteiger partial charge in [-0.05, 0) is 50.6 Å². The molecule has 0 saturated heterocycles. The average molecular weight is 295 g/mol. The van der Waals surface area contributed by atoms with Crippen LogP contribution in [0.2, 0.25) is 0 Å². The third-order valence-electron chi connectivity index (χ3n) is 5.63. The van der Waals surface area contributed by atoms with Crippen molar-refractivity contribution < 1.29 is 9.53 Å². The highest BCUT2D eigenvalue weighted by Gasteiger charge is 2.38. The largest absolute Gasteiger partial charge is 0.464 e. The maximum absolute atomic E-state index is 12.6. The number of ether oxygens (including phenoxy) is 1. The van der Waals surface area contributed by atoms with Crippen LogP contribution in [0.15, 0.2) is 0 Å². The fourth-order valence-corrected chi connectivity index (χ4v) is 4.31. The second-order valence-electron chi connectivity index (χ2n) is 6.81. The van der Waals surface area contributed by atoms with Crippen LogP contribution in [0.5, 0.6) is 0 Å². The zero-order valence-electron chi connectivity index (χ0n) is 14.0. The zero-order chi connectivity index (χ0) is 15.1. The quantitative estimate of drug-likeness (QED) is 0.637. The Bertz CT molecular complexity index is 286. The highest BCUT2D eigenvalue weighted by Crippen LogP contribution is 2.42. The Hall–Kier alpha value is -0.570. The lowest BCUT2D eigenvalue weighted by Crippen LogP contribution is -2.33. The molecule has 0 atom stereocenters. The van der Waals surface area contributed by atoms with Gasteiger partial charge in [-0.2, -0.15) is 0 Å². The number of hydrogen-bond acceptors (Lipinski definition) is 3. The molecule has 2 aliphatic rings. The molecular formula is C18H33NO2. The first-order chi connectivity index (χ1) is 10.3. The first-order valence-corrected chi connectivity index (χ1v) is 9.15. The van der Waals surface area contributed by atoms with Gasteiger partial charge in [-0.15, -0.1) is 0 Å². The SMILES string of the molecule is CCN(CC)CCOC(=O)C(C1CCCC1)C1CCCC1. The summed E-state index contributed by atoms with van der Waals surface area (Å²) in [5.41, 5.74) is 0. The molecule has 0 aromatic carbocycles. The van der Waals surface area contributed by atoms with E-state index < -0.39 is 0 Å². The molecular weight excluding hydrogens is 262 g/mol. The second kappa shape index (κ2) is 8.77. The van der Waals surface area contributed by atoms with Gasteiger partial charge in [0.25, 0.3) is 0 Å². The molecule has 3 nitrogen and oxygen atoms in total. The molecule has 0 spiro atoms. The van der Waals surface area contributed by atoms with Gasteiger partial charge >= 0.3 is 5.97 Å². The third kappa shape index (κ3) is 4.70. The molecule has 21 heavy (non-hydrogen) atoms. The molecule has 0 aliphatic heterocycles. The molecule has 0 amide bonds. The van der Waals surface area contributed by atoms with Gasteiger partial charge in [0, 0.05) is 6.54 Å². The number of likely N-dealkylation sites (N-methyl/N-ethyl adjacent to an activating group) is 1. The first-order valence-electron chi connectivity index (χ1n) is 9.15. The van der Waals surface area contributed by atoms with Crippen LogP contribution in [-0.2, 0) is 9.53 Å². The Morgan fingerprint density at radius 1 is 1.00 bits per heavy atom. The summed E-state index contributed by atoms with van der Waals surface area (Å²) in [6.07, 6.45) is 10.2. The van der Waals surface area contributed by atoms with Crippen molar-refractivity contribution in [3.63, 3.8) is 0 Å². The lowest BCUT2D eigenvalue weighted by molar-refractivity contribution is -0.153. The second-order valence-corrected chi connectivity index (χ2v) is 6.81. The average Bonchev–Trinajstić information content (AvgIpc) is 3.18. The van der Waals surface area contributed by atoms with E-state index in [1.165, 1.54) is 51.4 Å². The summed E-state index contributed by atoms with van der Waals surface area (Å²) < 4.78 is 5.68. The number of rotatable bonds is 8.